The molecule has 1 aliphatic heterocycles. The van der Waals surface area contributed by atoms with Gasteiger partial charge in [0.05, 0.1) is 5.56 Å². The van der Waals surface area contributed by atoms with E-state index >= 15 is 0 Å². The van der Waals surface area contributed by atoms with Crippen molar-refractivity contribution in [3.63, 3.8) is 0 Å². The topological polar surface area (TPSA) is 15.3 Å². The van der Waals surface area contributed by atoms with E-state index in [-0.39, 0.29) is 6.04 Å². The molecule has 116 valence electrons. The van der Waals surface area contributed by atoms with Gasteiger partial charge in [-0.25, -0.2) is 0 Å². The molecule has 0 amide bonds. The maximum Gasteiger partial charge on any atom is 0.418 e. The Morgan fingerprint density at radius 1 is 1.24 bits per heavy atom. The first-order chi connectivity index (χ1) is 10.0. The summed E-state index contributed by atoms with van der Waals surface area (Å²) in [7, 11) is 0. The van der Waals surface area contributed by atoms with E-state index in [0.717, 1.165) is 13.0 Å². The van der Waals surface area contributed by atoms with E-state index in [1.807, 2.05) is 11.8 Å². The van der Waals surface area contributed by atoms with E-state index in [2.05, 4.69) is 5.32 Å². The highest BCUT2D eigenvalue weighted by Crippen LogP contribution is 2.40. The lowest BCUT2D eigenvalue weighted by atomic mass is 10.0. The Balaban J connectivity index is 1.92. The fourth-order valence-corrected chi connectivity index (χ4v) is 3.26. The molecule has 1 saturated heterocycles. The lowest BCUT2D eigenvalue weighted by molar-refractivity contribution is -0.137. The second-order valence-corrected chi connectivity index (χ2v) is 6.08. The Hall–Kier alpha value is -1.23. The van der Waals surface area contributed by atoms with Crippen molar-refractivity contribution in [3.05, 3.63) is 29.8 Å². The van der Waals surface area contributed by atoms with Gasteiger partial charge in [0.25, 0.3) is 0 Å². The molecule has 1 aromatic rings. The summed E-state index contributed by atoms with van der Waals surface area (Å²) in [5.41, 5.74) is -0.177. The third-order valence-corrected chi connectivity index (χ3v) is 4.63. The van der Waals surface area contributed by atoms with Crippen LogP contribution in [0.2, 0.25) is 0 Å². The SMILES string of the molecule is CCC1CNC(C2CC2)CN1c1ccccc1C(F)(F)F. The van der Waals surface area contributed by atoms with Gasteiger partial charge in [0, 0.05) is 30.9 Å². The zero-order valence-electron chi connectivity index (χ0n) is 12.2. The minimum absolute atomic E-state index is 0.128. The highest BCUT2D eigenvalue weighted by Gasteiger charge is 2.40. The maximum absolute atomic E-state index is 13.3. The fourth-order valence-electron chi connectivity index (χ4n) is 3.26. The van der Waals surface area contributed by atoms with E-state index < -0.39 is 11.7 Å². The van der Waals surface area contributed by atoms with Crippen LogP contribution in [0.5, 0.6) is 0 Å². The number of benzene rings is 1. The van der Waals surface area contributed by atoms with Crippen molar-refractivity contribution in [1.82, 2.24) is 5.32 Å². The Bertz CT molecular complexity index is 497. The monoisotopic (exact) mass is 298 g/mol. The molecule has 2 fully saturated rings. The molecule has 2 nitrogen and oxygen atoms in total. The summed E-state index contributed by atoms with van der Waals surface area (Å²) < 4.78 is 39.8. The number of nitrogens with one attached hydrogen (secondary N) is 1. The lowest BCUT2D eigenvalue weighted by Crippen LogP contribution is -2.57. The predicted molar refractivity (Wildman–Crippen MR) is 77.4 cm³/mol. The highest BCUT2D eigenvalue weighted by molar-refractivity contribution is 5.56. The number of rotatable bonds is 3. The molecule has 2 unspecified atom stereocenters. The van der Waals surface area contributed by atoms with Gasteiger partial charge in [-0.05, 0) is 37.3 Å². The van der Waals surface area contributed by atoms with E-state index in [0.29, 0.717) is 24.2 Å². The molecule has 0 aromatic heterocycles. The number of nitrogens with zero attached hydrogens (tertiary/aromatic N) is 1. The largest absolute Gasteiger partial charge is 0.418 e. The zero-order chi connectivity index (χ0) is 15.0. The van der Waals surface area contributed by atoms with Gasteiger partial charge in [0.2, 0.25) is 0 Å². The van der Waals surface area contributed by atoms with Crippen molar-refractivity contribution in [3.8, 4) is 0 Å². The van der Waals surface area contributed by atoms with Crippen molar-refractivity contribution in [1.29, 1.82) is 0 Å². The van der Waals surface area contributed by atoms with Crippen molar-refractivity contribution in [2.45, 2.75) is 44.4 Å². The number of halogens is 3. The number of para-hydroxylation sites is 1. The smallest absolute Gasteiger partial charge is 0.365 e. The maximum atomic E-state index is 13.3. The zero-order valence-corrected chi connectivity index (χ0v) is 12.2. The number of hydrogen-bond donors (Lipinski definition) is 1. The van der Waals surface area contributed by atoms with Crippen LogP contribution in [-0.2, 0) is 6.18 Å². The van der Waals surface area contributed by atoms with Crippen LogP contribution >= 0.6 is 0 Å². The summed E-state index contributed by atoms with van der Waals surface area (Å²) in [6, 6.07) is 6.42. The molecule has 1 aromatic carbocycles. The molecule has 5 heteroatoms. The van der Waals surface area contributed by atoms with Gasteiger partial charge in [0.15, 0.2) is 0 Å². The predicted octanol–water partition coefficient (Wildman–Crippen LogP) is 3.67. The molecule has 3 rings (SSSR count). The molecule has 1 aliphatic carbocycles. The summed E-state index contributed by atoms with van der Waals surface area (Å²) in [6.45, 7) is 3.48. The van der Waals surface area contributed by atoms with E-state index in [1.54, 1.807) is 12.1 Å². The van der Waals surface area contributed by atoms with Gasteiger partial charge in [0.1, 0.15) is 0 Å². The molecule has 2 aliphatic rings. The number of anilines is 1. The summed E-state index contributed by atoms with van der Waals surface area (Å²) in [5.74, 6) is 0.642. The lowest BCUT2D eigenvalue weighted by Gasteiger charge is -2.42. The molecule has 0 spiro atoms. The fraction of sp³-hybridized carbons (Fsp3) is 0.625. The van der Waals surface area contributed by atoms with Crippen LogP contribution in [0.15, 0.2) is 24.3 Å². The van der Waals surface area contributed by atoms with Crippen LogP contribution in [0.1, 0.15) is 31.7 Å². The van der Waals surface area contributed by atoms with Crippen LogP contribution in [0.3, 0.4) is 0 Å². The first-order valence-electron chi connectivity index (χ1n) is 7.67. The van der Waals surface area contributed by atoms with Crippen LogP contribution in [0, 0.1) is 5.92 Å². The number of hydrogen-bond acceptors (Lipinski definition) is 2. The van der Waals surface area contributed by atoms with E-state index in [4.69, 9.17) is 0 Å². The summed E-state index contributed by atoms with van der Waals surface area (Å²) in [5, 5.41) is 3.52. The van der Waals surface area contributed by atoms with Crippen LogP contribution in [0.25, 0.3) is 0 Å². The average Bonchev–Trinajstić information content (AvgIpc) is 3.30. The standard InChI is InChI=1S/C16H21F3N2/c1-2-12-9-20-14(11-7-8-11)10-21(12)15-6-4-3-5-13(15)16(17,18)19/h3-6,11-12,14,20H,2,7-10H2,1H3. The molecule has 1 heterocycles. The third-order valence-electron chi connectivity index (χ3n) is 4.63. The van der Waals surface area contributed by atoms with Gasteiger partial charge in [-0.1, -0.05) is 19.1 Å². The molecular formula is C16H21F3N2. The number of alkyl halides is 3. The second-order valence-electron chi connectivity index (χ2n) is 6.08. The normalized spacial score (nSPS) is 27.0. The van der Waals surface area contributed by atoms with Gasteiger partial charge in [-0.2, -0.15) is 13.2 Å². The van der Waals surface area contributed by atoms with Crippen LogP contribution < -0.4 is 10.2 Å². The van der Waals surface area contributed by atoms with Gasteiger partial charge >= 0.3 is 6.18 Å². The van der Waals surface area contributed by atoms with Crippen LogP contribution in [0.4, 0.5) is 18.9 Å². The molecule has 1 N–H and O–H groups in total. The Morgan fingerprint density at radius 3 is 2.57 bits per heavy atom. The molecule has 1 saturated carbocycles. The van der Waals surface area contributed by atoms with Crippen LogP contribution in [-0.4, -0.2) is 25.2 Å². The van der Waals surface area contributed by atoms with Gasteiger partial charge in [-0.15, -0.1) is 0 Å². The molecule has 0 bridgehead atoms. The first-order valence-corrected chi connectivity index (χ1v) is 7.67. The van der Waals surface area contributed by atoms with Gasteiger partial charge in [-0.3, -0.25) is 0 Å². The summed E-state index contributed by atoms with van der Waals surface area (Å²) in [6.07, 6.45) is -1.06. The van der Waals surface area contributed by atoms with E-state index in [9.17, 15) is 13.2 Å². The van der Waals surface area contributed by atoms with Crippen molar-refractivity contribution < 1.29 is 13.2 Å². The van der Waals surface area contributed by atoms with Crippen molar-refractivity contribution >= 4 is 5.69 Å². The molecule has 0 radical (unpaired) electrons. The quantitative estimate of drug-likeness (QED) is 0.916. The third kappa shape index (κ3) is 3.03. The van der Waals surface area contributed by atoms with Crippen molar-refractivity contribution in [2.24, 2.45) is 5.92 Å². The van der Waals surface area contributed by atoms with Crippen molar-refractivity contribution in [2.75, 3.05) is 18.0 Å². The first kappa shape index (κ1) is 14.7. The average molecular weight is 298 g/mol. The summed E-state index contributed by atoms with van der Waals surface area (Å²) >= 11 is 0. The Morgan fingerprint density at radius 2 is 1.95 bits per heavy atom. The molecule has 2 atom stereocenters. The highest BCUT2D eigenvalue weighted by atomic mass is 19.4. The summed E-state index contributed by atoms with van der Waals surface area (Å²) in [4.78, 5) is 1.97. The number of piperazine rings is 1. The molecule has 21 heavy (non-hydrogen) atoms. The van der Waals surface area contributed by atoms with Gasteiger partial charge < -0.3 is 10.2 Å². The minimum Gasteiger partial charge on any atom is -0.365 e. The molecular weight excluding hydrogens is 277 g/mol. The minimum atomic E-state index is -4.30. The Labute approximate surface area is 123 Å². The van der Waals surface area contributed by atoms with E-state index in [1.165, 1.54) is 25.0 Å². The second kappa shape index (κ2) is 5.52. The Kier molecular flexibility index (Phi) is 3.86.